The quantitative estimate of drug-likeness (QED) is 0.163. The van der Waals surface area contributed by atoms with Crippen molar-refractivity contribution >= 4 is 32.6 Å². The van der Waals surface area contributed by atoms with Gasteiger partial charge in [0.25, 0.3) is 0 Å². The van der Waals surface area contributed by atoms with Crippen LogP contribution in [-0.2, 0) is 0 Å². The number of fused-ring (bicyclic) bond motifs is 5. The number of nitrogens with zero attached hydrogens (tertiary/aromatic N) is 2. The summed E-state index contributed by atoms with van der Waals surface area (Å²) in [5.41, 5.74) is 10.5. The Morgan fingerprint density at radius 3 is 1.57 bits per heavy atom. The molecule has 5 nitrogen and oxygen atoms in total. The van der Waals surface area contributed by atoms with E-state index < -0.39 is 0 Å². The van der Waals surface area contributed by atoms with E-state index in [2.05, 4.69) is 203 Å². The normalized spacial score (nSPS) is 17.4. The van der Waals surface area contributed by atoms with Crippen LogP contribution in [0, 0.1) is 0 Å². The Labute approximate surface area is 308 Å². The van der Waals surface area contributed by atoms with Gasteiger partial charge in [-0.3, -0.25) is 20.5 Å². The summed E-state index contributed by atoms with van der Waals surface area (Å²) in [5.74, 6) is 0.886. The lowest BCUT2D eigenvalue weighted by Gasteiger charge is -2.40. The number of para-hydroxylation sites is 1. The number of aromatic nitrogens is 2. The van der Waals surface area contributed by atoms with E-state index in [-0.39, 0.29) is 18.5 Å². The standard InChI is InChI=1S/C48H37N5/c1-3-13-32(14-4-1)35-18-11-20-37(29-35)46-50-47(38-21-12-19-36(30-38)33-15-5-2-6-16-33)52-48(51-46)39-27-28-49-44(31-39)53-42-24-10-9-23-41(42)45-40-22-8-7-17-34(40)25-26-43(45)53/h1-31,46-48,50-52H. The number of hydrogen-bond acceptors (Lipinski definition) is 4. The highest BCUT2D eigenvalue weighted by Gasteiger charge is 2.30. The second kappa shape index (κ2) is 13.3. The topological polar surface area (TPSA) is 53.9 Å². The van der Waals surface area contributed by atoms with Crippen molar-refractivity contribution in [2.45, 2.75) is 18.5 Å². The molecule has 0 spiro atoms. The molecule has 0 amide bonds. The van der Waals surface area contributed by atoms with Crippen LogP contribution >= 0.6 is 0 Å². The minimum absolute atomic E-state index is 0.133. The first-order valence-corrected chi connectivity index (χ1v) is 18.2. The predicted molar refractivity (Wildman–Crippen MR) is 217 cm³/mol. The molecule has 254 valence electrons. The van der Waals surface area contributed by atoms with Gasteiger partial charge in [-0.25, -0.2) is 4.98 Å². The lowest BCUT2D eigenvalue weighted by Crippen LogP contribution is -2.54. The fraction of sp³-hybridized carbons (Fsp3) is 0.0625. The summed E-state index contributed by atoms with van der Waals surface area (Å²) in [6.07, 6.45) is 1.49. The fourth-order valence-corrected chi connectivity index (χ4v) is 8.00. The number of nitrogens with one attached hydrogen (secondary N) is 3. The highest BCUT2D eigenvalue weighted by atomic mass is 15.4. The first-order valence-electron chi connectivity index (χ1n) is 18.2. The second-order valence-corrected chi connectivity index (χ2v) is 13.8. The number of pyridine rings is 1. The maximum Gasteiger partial charge on any atom is 0.137 e. The van der Waals surface area contributed by atoms with Crippen molar-refractivity contribution < 1.29 is 0 Å². The van der Waals surface area contributed by atoms with Crippen LogP contribution in [0.25, 0.3) is 60.6 Å². The predicted octanol–water partition coefficient (Wildman–Crippen LogP) is 10.8. The molecule has 7 aromatic carbocycles. The van der Waals surface area contributed by atoms with Gasteiger partial charge in [-0.1, -0.05) is 146 Å². The maximum absolute atomic E-state index is 4.99. The Hall–Kier alpha value is -6.37. The molecule has 1 aliphatic rings. The van der Waals surface area contributed by atoms with Gasteiger partial charge in [0.1, 0.15) is 5.82 Å². The van der Waals surface area contributed by atoms with Gasteiger partial charge in [-0.2, -0.15) is 0 Å². The Kier molecular flexibility index (Phi) is 7.88. The fourth-order valence-electron chi connectivity index (χ4n) is 8.00. The van der Waals surface area contributed by atoms with Crippen molar-refractivity contribution in [2.75, 3.05) is 0 Å². The summed E-state index contributed by atoms with van der Waals surface area (Å²) < 4.78 is 2.31. The Morgan fingerprint density at radius 2 is 0.925 bits per heavy atom. The van der Waals surface area contributed by atoms with Gasteiger partial charge in [-0.05, 0) is 86.1 Å². The molecule has 0 radical (unpaired) electrons. The summed E-state index contributed by atoms with van der Waals surface area (Å²) in [6.45, 7) is 0. The van der Waals surface area contributed by atoms with E-state index in [1.807, 2.05) is 6.20 Å². The van der Waals surface area contributed by atoms with E-state index in [1.54, 1.807) is 0 Å². The molecule has 9 aromatic rings. The molecule has 2 aromatic heterocycles. The molecule has 2 unspecified atom stereocenters. The molecule has 1 fully saturated rings. The van der Waals surface area contributed by atoms with E-state index in [4.69, 9.17) is 4.98 Å². The third-order valence-electron chi connectivity index (χ3n) is 10.5. The van der Waals surface area contributed by atoms with Crippen molar-refractivity contribution in [1.82, 2.24) is 25.5 Å². The van der Waals surface area contributed by atoms with E-state index in [0.29, 0.717) is 0 Å². The van der Waals surface area contributed by atoms with Crippen molar-refractivity contribution in [2.24, 2.45) is 0 Å². The molecule has 10 rings (SSSR count). The molecule has 5 heteroatoms. The highest BCUT2D eigenvalue weighted by Crippen LogP contribution is 2.37. The Bertz CT molecular complexity index is 2650. The van der Waals surface area contributed by atoms with E-state index in [9.17, 15) is 0 Å². The Morgan fingerprint density at radius 1 is 0.396 bits per heavy atom. The Balaban J connectivity index is 1.08. The van der Waals surface area contributed by atoms with Crippen molar-refractivity contribution in [3.63, 3.8) is 0 Å². The summed E-state index contributed by atoms with van der Waals surface area (Å²) in [7, 11) is 0. The summed E-state index contributed by atoms with van der Waals surface area (Å²) in [5, 5.41) is 16.7. The monoisotopic (exact) mass is 683 g/mol. The van der Waals surface area contributed by atoms with Crippen molar-refractivity contribution in [3.8, 4) is 28.1 Å². The van der Waals surface area contributed by atoms with E-state index >= 15 is 0 Å². The SMILES string of the molecule is c1ccc(-c2cccc(C3NC(c4cccc(-c5ccccc5)c4)NC(c4ccnc(-n5c6ccccc6c6c7ccccc7ccc65)c4)N3)c2)cc1. The van der Waals surface area contributed by atoms with Crippen molar-refractivity contribution in [1.29, 1.82) is 0 Å². The van der Waals surface area contributed by atoms with Crippen LogP contribution in [0.4, 0.5) is 0 Å². The lowest BCUT2D eigenvalue weighted by atomic mass is 9.98. The third kappa shape index (κ3) is 5.78. The van der Waals surface area contributed by atoms with Gasteiger partial charge in [0.05, 0.1) is 29.5 Å². The third-order valence-corrected chi connectivity index (χ3v) is 10.5. The zero-order chi connectivity index (χ0) is 35.1. The van der Waals surface area contributed by atoms with Gasteiger partial charge in [-0.15, -0.1) is 0 Å². The zero-order valence-electron chi connectivity index (χ0n) is 29.0. The molecular formula is C48H37N5. The second-order valence-electron chi connectivity index (χ2n) is 13.8. The van der Waals surface area contributed by atoms with Gasteiger partial charge in [0.2, 0.25) is 0 Å². The first-order chi connectivity index (χ1) is 26.3. The molecule has 1 aliphatic heterocycles. The largest absolute Gasteiger partial charge is 0.294 e. The summed E-state index contributed by atoms with van der Waals surface area (Å²) in [6, 6.07) is 64.9. The van der Waals surface area contributed by atoms with Crippen LogP contribution < -0.4 is 16.0 Å². The van der Waals surface area contributed by atoms with Gasteiger partial charge >= 0.3 is 0 Å². The molecule has 0 aliphatic carbocycles. The number of rotatable bonds is 6. The smallest absolute Gasteiger partial charge is 0.137 e. The van der Waals surface area contributed by atoms with Gasteiger partial charge in [0.15, 0.2) is 0 Å². The summed E-state index contributed by atoms with van der Waals surface area (Å²) >= 11 is 0. The van der Waals surface area contributed by atoms with Crippen LogP contribution in [0.15, 0.2) is 188 Å². The zero-order valence-corrected chi connectivity index (χ0v) is 29.0. The molecule has 0 bridgehead atoms. The highest BCUT2D eigenvalue weighted by molar-refractivity contribution is 6.21. The van der Waals surface area contributed by atoms with E-state index in [1.165, 1.54) is 54.9 Å². The van der Waals surface area contributed by atoms with Crippen LogP contribution in [-0.4, -0.2) is 9.55 Å². The van der Waals surface area contributed by atoms with Crippen LogP contribution in [0.5, 0.6) is 0 Å². The molecule has 0 saturated carbocycles. The van der Waals surface area contributed by atoms with Gasteiger partial charge < -0.3 is 0 Å². The molecule has 3 heterocycles. The van der Waals surface area contributed by atoms with Crippen LogP contribution in [0.3, 0.4) is 0 Å². The molecular weight excluding hydrogens is 647 g/mol. The van der Waals surface area contributed by atoms with E-state index in [0.717, 1.165) is 22.4 Å². The molecule has 1 saturated heterocycles. The minimum atomic E-state index is -0.178. The number of hydrogen-bond donors (Lipinski definition) is 3. The molecule has 3 N–H and O–H groups in total. The molecule has 53 heavy (non-hydrogen) atoms. The lowest BCUT2D eigenvalue weighted by molar-refractivity contribution is 0.203. The maximum atomic E-state index is 4.99. The number of benzene rings is 7. The van der Waals surface area contributed by atoms with Crippen LogP contribution in [0.1, 0.15) is 35.2 Å². The minimum Gasteiger partial charge on any atom is -0.294 e. The van der Waals surface area contributed by atoms with Crippen LogP contribution in [0.2, 0.25) is 0 Å². The molecule has 2 atom stereocenters. The average Bonchev–Trinajstić information content (AvgIpc) is 3.59. The first kappa shape index (κ1) is 31.4. The van der Waals surface area contributed by atoms with Crippen molar-refractivity contribution in [3.05, 3.63) is 205 Å². The average molecular weight is 684 g/mol. The summed E-state index contributed by atoms with van der Waals surface area (Å²) in [4.78, 5) is 4.99. The van der Waals surface area contributed by atoms with Gasteiger partial charge in [0, 0.05) is 17.0 Å².